The normalized spacial score (nSPS) is 25.3. The third-order valence-electron chi connectivity index (χ3n) is 4.28. The lowest BCUT2D eigenvalue weighted by Gasteiger charge is -2.34. The molecule has 0 bridgehead atoms. The van der Waals surface area contributed by atoms with E-state index in [2.05, 4.69) is 48.3 Å². The van der Waals surface area contributed by atoms with Crippen LogP contribution < -0.4 is 11.1 Å². The molecule has 19 heavy (non-hydrogen) atoms. The topological polar surface area (TPSA) is 41.3 Å². The van der Waals surface area contributed by atoms with Crippen molar-refractivity contribution in [3.63, 3.8) is 0 Å². The van der Waals surface area contributed by atoms with E-state index in [1.807, 2.05) is 6.07 Å². The number of nitrogens with two attached hydrogens (primary N) is 1. The van der Waals surface area contributed by atoms with Crippen LogP contribution in [0.5, 0.6) is 0 Å². The molecule has 3 N–H and O–H groups in total. The molecule has 0 aliphatic carbocycles. The van der Waals surface area contributed by atoms with Gasteiger partial charge in [0.2, 0.25) is 0 Å². The molecular weight excluding hydrogens is 234 g/mol. The molecule has 1 heterocycles. The molecule has 3 heteroatoms. The van der Waals surface area contributed by atoms with E-state index in [0.29, 0.717) is 12.6 Å². The van der Waals surface area contributed by atoms with Gasteiger partial charge in [0.05, 0.1) is 5.54 Å². The zero-order valence-electron chi connectivity index (χ0n) is 12.2. The van der Waals surface area contributed by atoms with E-state index in [1.54, 1.807) is 0 Å². The SMILES string of the molecule is CC(C)N1CCCC(CN)(Nc2ccccc2)CC1. The van der Waals surface area contributed by atoms with Gasteiger partial charge in [0, 0.05) is 24.8 Å². The third kappa shape index (κ3) is 3.71. The second kappa shape index (κ2) is 6.40. The lowest BCUT2D eigenvalue weighted by atomic mass is 9.90. The van der Waals surface area contributed by atoms with Gasteiger partial charge in [0.25, 0.3) is 0 Å². The predicted molar refractivity (Wildman–Crippen MR) is 82.4 cm³/mol. The molecule has 1 fully saturated rings. The maximum Gasteiger partial charge on any atom is 0.0508 e. The van der Waals surface area contributed by atoms with E-state index in [4.69, 9.17) is 5.73 Å². The van der Waals surface area contributed by atoms with Crippen molar-refractivity contribution < 1.29 is 0 Å². The average molecular weight is 261 g/mol. The molecule has 0 spiro atoms. The van der Waals surface area contributed by atoms with Gasteiger partial charge in [-0.1, -0.05) is 18.2 Å². The Bertz CT molecular complexity index is 377. The van der Waals surface area contributed by atoms with Crippen molar-refractivity contribution in [3.05, 3.63) is 30.3 Å². The van der Waals surface area contributed by atoms with Crippen molar-refractivity contribution in [1.82, 2.24) is 4.90 Å². The number of nitrogens with zero attached hydrogens (tertiary/aromatic N) is 1. The molecule has 1 aromatic carbocycles. The number of hydrogen-bond donors (Lipinski definition) is 2. The van der Waals surface area contributed by atoms with E-state index < -0.39 is 0 Å². The first-order chi connectivity index (χ1) is 9.15. The Labute approximate surface area is 117 Å². The molecule has 0 saturated carbocycles. The Morgan fingerprint density at radius 1 is 1.21 bits per heavy atom. The minimum Gasteiger partial charge on any atom is -0.378 e. The summed E-state index contributed by atoms with van der Waals surface area (Å²) in [6.07, 6.45) is 3.49. The molecule has 0 radical (unpaired) electrons. The first kappa shape index (κ1) is 14.4. The summed E-state index contributed by atoms with van der Waals surface area (Å²) in [5, 5.41) is 3.69. The summed E-state index contributed by atoms with van der Waals surface area (Å²) in [5.74, 6) is 0. The number of hydrogen-bond acceptors (Lipinski definition) is 3. The minimum absolute atomic E-state index is 0.0605. The van der Waals surface area contributed by atoms with Gasteiger partial charge in [-0.3, -0.25) is 0 Å². The van der Waals surface area contributed by atoms with Crippen LogP contribution >= 0.6 is 0 Å². The fourth-order valence-corrected chi connectivity index (χ4v) is 2.94. The summed E-state index contributed by atoms with van der Waals surface area (Å²) in [7, 11) is 0. The van der Waals surface area contributed by atoms with Crippen LogP contribution in [0.25, 0.3) is 0 Å². The second-order valence-corrected chi connectivity index (χ2v) is 5.96. The highest BCUT2D eigenvalue weighted by molar-refractivity contribution is 5.45. The molecule has 106 valence electrons. The van der Waals surface area contributed by atoms with Crippen molar-refractivity contribution >= 4 is 5.69 Å². The zero-order valence-corrected chi connectivity index (χ0v) is 12.2. The van der Waals surface area contributed by atoms with Gasteiger partial charge in [0.15, 0.2) is 0 Å². The summed E-state index contributed by atoms with van der Waals surface area (Å²) in [6.45, 7) is 7.58. The van der Waals surface area contributed by atoms with Crippen LogP contribution in [-0.4, -0.2) is 36.1 Å². The zero-order chi connectivity index (χ0) is 13.7. The van der Waals surface area contributed by atoms with Gasteiger partial charge in [-0.2, -0.15) is 0 Å². The molecule has 1 unspecified atom stereocenters. The van der Waals surface area contributed by atoms with Crippen LogP contribution in [0.15, 0.2) is 30.3 Å². The first-order valence-electron chi connectivity index (χ1n) is 7.42. The smallest absolute Gasteiger partial charge is 0.0508 e. The Hall–Kier alpha value is -1.06. The number of benzene rings is 1. The van der Waals surface area contributed by atoms with Crippen LogP contribution in [-0.2, 0) is 0 Å². The van der Waals surface area contributed by atoms with Crippen LogP contribution in [0.4, 0.5) is 5.69 Å². The quantitative estimate of drug-likeness (QED) is 0.875. The number of anilines is 1. The molecule has 1 saturated heterocycles. The van der Waals surface area contributed by atoms with Gasteiger partial charge in [-0.05, 0) is 51.8 Å². The van der Waals surface area contributed by atoms with Gasteiger partial charge in [-0.25, -0.2) is 0 Å². The molecule has 1 aliphatic rings. The predicted octanol–water partition coefficient (Wildman–Crippen LogP) is 2.69. The van der Waals surface area contributed by atoms with Crippen molar-refractivity contribution in [1.29, 1.82) is 0 Å². The lowest BCUT2D eigenvalue weighted by molar-refractivity contribution is 0.227. The Kier molecular flexibility index (Phi) is 4.83. The molecule has 1 aromatic rings. The highest BCUT2D eigenvalue weighted by Crippen LogP contribution is 2.27. The van der Waals surface area contributed by atoms with Crippen LogP contribution in [0, 0.1) is 0 Å². The molecule has 3 nitrogen and oxygen atoms in total. The van der Waals surface area contributed by atoms with E-state index in [1.165, 1.54) is 18.7 Å². The number of likely N-dealkylation sites (tertiary alicyclic amines) is 1. The standard InChI is InChI=1S/C16H27N3/c1-14(2)19-11-6-9-16(13-17,10-12-19)18-15-7-4-3-5-8-15/h3-5,7-8,14,18H,6,9-13,17H2,1-2H3. The van der Waals surface area contributed by atoms with Crippen LogP contribution in [0.3, 0.4) is 0 Å². The molecule has 2 rings (SSSR count). The minimum atomic E-state index is 0.0605. The third-order valence-corrected chi connectivity index (χ3v) is 4.28. The highest BCUT2D eigenvalue weighted by atomic mass is 15.2. The van der Waals surface area contributed by atoms with Crippen LogP contribution in [0.2, 0.25) is 0 Å². The molecule has 0 amide bonds. The molecular formula is C16H27N3. The van der Waals surface area contributed by atoms with Crippen molar-refractivity contribution in [2.24, 2.45) is 5.73 Å². The van der Waals surface area contributed by atoms with Crippen molar-refractivity contribution in [3.8, 4) is 0 Å². The number of para-hydroxylation sites is 1. The Morgan fingerprint density at radius 3 is 2.58 bits per heavy atom. The van der Waals surface area contributed by atoms with E-state index in [9.17, 15) is 0 Å². The summed E-state index contributed by atoms with van der Waals surface area (Å²) in [5.41, 5.74) is 7.34. The maximum atomic E-state index is 6.10. The number of rotatable bonds is 4. The van der Waals surface area contributed by atoms with E-state index in [-0.39, 0.29) is 5.54 Å². The first-order valence-corrected chi connectivity index (χ1v) is 7.42. The molecule has 0 aromatic heterocycles. The Morgan fingerprint density at radius 2 is 1.95 bits per heavy atom. The van der Waals surface area contributed by atoms with Gasteiger partial charge in [-0.15, -0.1) is 0 Å². The molecule has 1 atom stereocenters. The van der Waals surface area contributed by atoms with Gasteiger partial charge in [0.1, 0.15) is 0 Å². The summed E-state index contributed by atoms with van der Waals surface area (Å²) in [6, 6.07) is 11.1. The van der Waals surface area contributed by atoms with Crippen LogP contribution in [0.1, 0.15) is 33.1 Å². The number of nitrogens with one attached hydrogen (secondary N) is 1. The van der Waals surface area contributed by atoms with E-state index in [0.717, 1.165) is 19.4 Å². The monoisotopic (exact) mass is 261 g/mol. The summed E-state index contributed by atoms with van der Waals surface area (Å²) >= 11 is 0. The summed E-state index contributed by atoms with van der Waals surface area (Å²) < 4.78 is 0. The average Bonchev–Trinajstić information content (AvgIpc) is 2.63. The van der Waals surface area contributed by atoms with E-state index >= 15 is 0 Å². The largest absolute Gasteiger partial charge is 0.378 e. The van der Waals surface area contributed by atoms with Gasteiger partial charge < -0.3 is 16.0 Å². The second-order valence-electron chi connectivity index (χ2n) is 5.96. The Balaban J connectivity index is 2.06. The maximum absolute atomic E-state index is 6.10. The van der Waals surface area contributed by atoms with Crippen molar-refractivity contribution in [2.75, 3.05) is 25.0 Å². The fourth-order valence-electron chi connectivity index (χ4n) is 2.94. The lowest BCUT2D eigenvalue weighted by Crippen LogP contribution is -2.46. The fraction of sp³-hybridized carbons (Fsp3) is 0.625. The van der Waals surface area contributed by atoms with Gasteiger partial charge >= 0.3 is 0 Å². The highest BCUT2D eigenvalue weighted by Gasteiger charge is 2.31. The van der Waals surface area contributed by atoms with Crippen molar-refractivity contribution in [2.45, 2.75) is 44.7 Å². The summed E-state index contributed by atoms with van der Waals surface area (Å²) in [4.78, 5) is 2.56. The molecule has 1 aliphatic heterocycles.